The molecule has 15 heteroatoms. The van der Waals surface area contributed by atoms with Crippen molar-refractivity contribution in [1.29, 1.82) is 0 Å². The van der Waals surface area contributed by atoms with Crippen LogP contribution in [-0.4, -0.2) is 67.4 Å². The monoisotopic (exact) mass is 716 g/mol. The van der Waals surface area contributed by atoms with E-state index in [4.69, 9.17) is 11.6 Å². The zero-order chi connectivity index (χ0) is 34.9. The van der Waals surface area contributed by atoms with E-state index in [1.54, 1.807) is 43.3 Å². The number of alkyl halides is 3. The highest BCUT2D eigenvalue weighted by molar-refractivity contribution is 7.89. The van der Waals surface area contributed by atoms with Crippen molar-refractivity contribution < 1.29 is 30.8 Å². The van der Waals surface area contributed by atoms with Crippen LogP contribution in [-0.2, 0) is 27.5 Å². The number of aryl methyl sites for hydroxylation is 1. The lowest BCUT2D eigenvalue weighted by molar-refractivity contribution is -0.137. The normalized spacial score (nSPS) is 17.4. The molecule has 2 aliphatic heterocycles. The van der Waals surface area contributed by atoms with Gasteiger partial charge in [0.2, 0.25) is 21.9 Å². The van der Waals surface area contributed by atoms with E-state index >= 15 is 0 Å². The molecule has 258 valence electrons. The predicted molar refractivity (Wildman–Crippen MR) is 178 cm³/mol. The van der Waals surface area contributed by atoms with Gasteiger partial charge in [0.1, 0.15) is 16.8 Å². The van der Waals surface area contributed by atoms with Crippen LogP contribution in [0.15, 0.2) is 77.7 Å². The molecular weight excluding hydrogens is 684 g/mol. The van der Waals surface area contributed by atoms with Gasteiger partial charge in [0, 0.05) is 38.3 Å². The van der Waals surface area contributed by atoms with Crippen molar-refractivity contribution in [3.63, 3.8) is 0 Å². The maximum absolute atomic E-state index is 14.4. The van der Waals surface area contributed by atoms with E-state index in [1.165, 1.54) is 28.6 Å². The first-order chi connectivity index (χ1) is 23.3. The van der Waals surface area contributed by atoms with Crippen molar-refractivity contribution in [3.05, 3.63) is 100 Å². The molecule has 0 saturated carbocycles. The van der Waals surface area contributed by atoms with E-state index in [0.29, 0.717) is 73.2 Å². The van der Waals surface area contributed by atoms with Crippen molar-refractivity contribution in [2.24, 2.45) is 0 Å². The zero-order valence-electron chi connectivity index (χ0n) is 26.4. The van der Waals surface area contributed by atoms with Gasteiger partial charge in [-0.15, -0.1) is 0 Å². The number of nitrogens with one attached hydrogen (secondary N) is 1. The first-order valence-electron chi connectivity index (χ1n) is 15.7. The number of amides is 1. The van der Waals surface area contributed by atoms with E-state index in [9.17, 15) is 30.8 Å². The number of para-hydroxylation sites is 1. The Hall–Kier alpha value is -4.27. The Balaban J connectivity index is 1.24. The largest absolute Gasteiger partial charge is 0.416 e. The number of halogens is 5. The second-order valence-corrected chi connectivity index (χ2v) is 14.2. The standard InChI is InChI=1S/C34H33ClF4N6O3S/c1-22-6-4-7-26(35)31(22)49(47,48)45-15-5-10-30(45)32(46)40-21-25-20-28(23-11-13-24(14-12-23)34(37,38)39)42-33(41-25)44-18-16-43(17-19-44)29-9-3-2-8-27(29)36/h2-4,6-9,11-14,20,30H,5,10,15-19,21H2,1H3,(H,40,46)/t30-/m0/s1. The average molecular weight is 717 g/mol. The molecule has 0 aliphatic carbocycles. The molecule has 0 unspecified atom stereocenters. The van der Waals surface area contributed by atoms with Gasteiger partial charge in [-0.2, -0.15) is 17.5 Å². The van der Waals surface area contributed by atoms with Gasteiger partial charge in [-0.3, -0.25) is 4.79 Å². The molecular formula is C34H33ClF4N6O3S. The van der Waals surface area contributed by atoms with Crippen LogP contribution in [0.25, 0.3) is 11.3 Å². The van der Waals surface area contributed by atoms with E-state index in [-0.39, 0.29) is 28.8 Å². The van der Waals surface area contributed by atoms with Crippen molar-refractivity contribution in [3.8, 4) is 11.3 Å². The SMILES string of the molecule is Cc1cccc(Cl)c1S(=O)(=O)N1CCC[C@H]1C(=O)NCc1cc(-c2ccc(C(F)(F)F)cc2)nc(N2CCN(c3ccccc3F)CC2)n1. The van der Waals surface area contributed by atoms with Crippen molar-refractivity contribution in [2.75, 3.05) is 42.5 Å². The Kier molecular flexibility index (Phi) is 9.83. The second-order valence-electron chi connectivity index (χ2n) is 11.9. The fourth-order valence-corrected chi connectivity index (χ4v) is 8.64. The van der Waals surface area contributed by atoms with Gasteiger partial charge in [0.05, 0.1) is 34.2 Å². The van der Waals surface area contributed by atoms with Crippen LogP contribution < -0.4 is 15.1 Å². The van der Waals surface area contributed by atoms with Gasteiger partial charge in [-0.1, -0.05) is 48.0 Å². The molecule has 3 aromatic carbocycles. The number of carbonyl (C=O) groups excluding carboxylic acids is 1. The summed E-state index contributed by atoms with van der Waals surface area (Å²) in [6.07, 6.45) is -3.71. The van der Waals surface area contributed by atoms with Crippen molar-refractivity contribution in [1.82, 2.24) is 19.6 Å². The number of hydrogen-bond acceptors (Lipinski definition) is 7. The minimum Gasteiger partial charge on any atom is -0.366 e. The molecule has 1 amide bonds. The molecule has 0 radical (unpaired) electrons. The minimum atomic E-state index is -4.51. The maximum atomic E-state index is 14.4. The molecule has 6 rings (SSSR count). The Morgan fingerprint density at radius 1 is 0.939 bits per heavy atom. The minimum absolute atomic E-state index is 0.0342. The molecule has 2 saturated heterocycles. The number of carbonyl (C=O) groups is 1. The van der Waals surface area contributed by atoms with Crippen LogP contribution in [0, 0.1) is 12.7 Å². The topological polar surface area (TPSA) is 98.7 Å². The fraction of sp³-hybridized carbons (Fsp3) is 0.324. The summed E-state index contributed by atoms with van der Waals surface area (Å²) in [6.45, 7) is 3.52. The third-order valence-corrected chi connectivity index (χ3v) is 11.3. The Morgan fingerprint density at radius 2 is 1.63 bits per heavy atom. The summed E-state index contributed by atoms with van der Waals surface area (Å²) in [7, 11) is -4.08. The maximum Gasteiger partial charge on any atom is 0.416 e. The van der Waals surface area contributed by atoms with Gasteiger partial charge >= 0.3 is 6.18 Å². The molecule has 1 aromatic heterocycles. The third kappa shape index (κ3) is 7.36. The quantitative estimate of drug-likeness (QED) is 0.222. The van der Waals surface area contributed by atoms with Crippen LogP contribution in [0.2, 0.25) is 5.02 Å². The van der Waals surface area contributed by atoms with Crippen LogP contribution in [0.1, 0.15) is 29.7 Å². The number of sulfonamides is 1. The molecule has 4 aromatic rings. The average Bonchev–Trinajstić information content (AvgIpc) is 3.59. The number of piperazine rings is 1. The lowest BCUT2D eigenvalue weighted by Crippen LogP contribution is -2.47. The van der Waals surface area contributed by atoms with Gasteiger partial charge < -0.3 is 15.1 Å². The van der Waals surface area contributed by atoms with Crippen LogP contribution >= 0.6 is 11.6 Å². The van der Waals surface area contributed by atoms with Crippen molar-refractivity contribution >= 4 is 39.2 Å². The summed E-state index contributed by atoms with van der Waals surface area (Å²) in [6, 6.07) is 16.5. The van der Waals surface area contributed by atoms with E-state index < -0.39 is 33.7 Å². The van der Waals surface area contributed by atoms with Gasteiger partial charge in [-0.05, 0) is 61.7 Å². The highest BCUT2D eigenvalue weighted by Crippen LogP contribution is 2.33. The number of nitrogens with zero attached hydrogens (tertiary/aromatic N) is 5. The van der Waals surface area contributed by atoms with Gasteiger partial charge in [-0.25, -0.2) is 22.8 Å². The molecule has 2 aliphatic rings. The van der Waals surface area contributed by atoms with Gasteiger partial charge in [0.15, 0.2) is 0 Å². The number of benzene rings is 3. The molecule has 9 nitrogen and oxygen atoms in total. The molecule has 3 heterocycles. The Morgan fingerprint density at radius 3 is 2.31 bits per heavy atom. The smallest absolute Gasteiger partial charge is 0.366 e. The molecule has 0 bridgehead atoms. The highest BCUT2D eigenvalue weighted by Gasteiger charge is 2.41. The zero-order valence-corrected chi connectivity index (χ0v) is 28.0. The molecule has 49 heavy (non-hydrogen) atoms. The summed E-state index contributed by atoms with van der Waals surface area (Å²) in [5.74, 6) is -0.542. The summed E-state index contributed by atoms with van der Waals surface area (Å²) >= 11 is 6.28. The van der Waals surface area contributed by atoms with E-state index in [2.05, 4.69) is 15.3 Å². The van der Waals surface area contributed by atoms with Crippen LogP contribution in [0.5, 0.6) is 0 Å². The van der Waals surface area contributed by atoms with Crippen LogP contribution in [0.4, 0.5) is 29.2 Å². The first kappa shape index (κ1) is 34.6. The molecule has 1 N–H and O–H groups in total. The van der Waals surface area contributed by atoms with Crippen molar-refractivity contribution in [2.45, 2.75) is 43.4 Å². The number of anilines is 2. The summed E-state index contributed by atoms with van der Waals surface area (Å²) < 4.78 is 82.7. The van der Waals surface area contributed by atoms with E-state index in [0.717, 1.165) is 12.1 Å². The first-order valence-corrected chi connectivity index (χ1v) is 17.5. The Labute approximate surface area is 286 Å². The second kappa shape index (κ2) is 13.9. The number of hydrogen-bond donors (Lipinski definition) is 1. The Bertz CT molecular complexity index is 1930. The van der Waals surface area contributed by atoms with E-state index in [1.807, 2.05) is 9.80 Å². The molecule has 2 fully saturated rings. The fourth-order valence-electron chi connectivity index (χ4n) is 6.19. The summed E-state index contributed by atoms with van der Waals surface area (Å²) in [4.78, 5) is 26.6. The lowest BCUT2D eigenvalue weighted by Gasteiger charge is -2.36. The van der Waals surface area contributed by atoms with Gasteiger partial charge in [0.25, 0.3) is 0 Å². The highest BCUT2D eigenvalue weighted by atomic mass is 35.5. The number of aromatic nitrogens is 2. The third-order valence-electron chi connectivity index (χ3n) is 8.71. The summed E-state index contributed by atoms with van der Waals surface area (Å²) in [5, 5.41) is 2.88. The number of rotatable bonds is 8. The van der Waals surface area contributed by atoms with Crippen LogP contribution in [0.3, 0.4) is 0 Å². The lowest BCUT2D eigenvalue weighted by atomic mass is 10.1. The molecule has 0 spiro atoms. The molecule has 1 atom stereocenters. The summed E-state index contributed by atoms with van der Waals surface area (Å²) in [5.41, 5.74) is 1.29. The predicted octanol–water partition coefficient (Wildman–Crippen LogP) is 6.06.